The third kappa shape index (κ3) is 1.81. The first-order valence-electron chi connectivity index (χ1n) is 7.25. The zero-order valence-electron chi connectivity index (χ0n) is 12.5. The molecule has 21 heavy (non-hydrogen) atoms. The van der Waals surface area contributed by atoms with Crippen LogP contribution >= 0.6 is 0 Å². The predicted molar refractivity (Wildman–Crippen MR) is 76.5 cm³/mol. The van der Waals surface area contributed by atoms with Crippen molar-refractivity contribution in [1.82, 2.24) is 9.55 Å². The molecule has 3 atom stereocenters. The summed E-state index contributed by atoms with van der Waals surface area (Å²) >= 11 is 0. The minimum atomic E-state index is -1.31. The Bertz CT molecular complexity index is 725. The number of rotatable bonds is 2. The lowest BCUT2D eigenvalue weighted by molar-refractivity contribution is 0.0674. The van der Waals surface area contributed by atoms with Gasteiger partial charge in [0.2, 0.25) is 0 Å². The zero-order chi connectivity index (χ0) is 15.6. The van der Waals surface area contributed by atoms with Crippen molar-refractivity contribution in [2.45, 2.75) is 46.1 Å². The molecule has 2 saturated carbocycles. The summed E-state index contributed by atoms with van der Waals surface area (Å²) in [6.07, 6.45) is 4.43. The molecule has 114 valence electrons. The molecule has 1 aromatic rings. The molecule has 6 nitrogen and oxygen atoms in total. The summed E-state index contributed by atoms with van der Waals surface area (Å²) < 4.78 is 1.45. The molecule has 3 rings (SSSR count). The van der Waals surface area contributed by atoms with Gasteiger partial charge in [-0.2, -0.15) is 0 Å². The maximum atomic E-state index is 12.2. The Balaban J connectivity index is 2.21. The fourth-order valence-corrected chi connectivity index (χ4v) is 4.80. The van der Waals surface area contributed by atoms with E-state index in [1.165, 1.54) is 10.8 Å². The van der Waals surface area contributed by atoms with Gasteiger partial charge < -0.3 is 5.11 Å². The smallest absolute Gasteiger partial charge is 0.342 e. The van der Waals surface area contributed by atoms with Gasteiger partial charge in [-0.3, -0.25) is 14.3 Å². The number of H-pyrrole nitrogens is 1. The first kappa shape index (κ1) is 14.1. The number of carboxylic acids is 1. The molecule has 0 aliphatic heterocycles. The van der Waals surface area contributed by atoms with E-state index in [0.29, 0.717) is 5.92 Å². The normalized spacial score (nSPS) is 33.3. The lowest BCUT2D eigenvalue weighted by atomic mass is 9.68. The van der Waals surface area contributed by atoms with Crippen LogP contribution in [-0.2, 0) is 0 Å². The van der Waals surface area contributed by atoms with Crippen molar-refractivity contribution in [1.29, 1.82) is 0 Å². The lowest BCUT2D eigenvalue weighted by Crippen LogP contribution is -2.45. The molecule has 2 aliphatic carbocycles. The third-order valence-corrected chi connectivity index (χ3v) is 5.67. The lowest BCUT2D eigenvalue weighted by Gasteiger charge is -2.43. The van der Waals surface area contributed by atoms with E-state index < -0.39 is 17.2 Å². The van der Waals surface area contributed by atoms with E-state index in [2.05, 4.69) is 25.8 Å². The third-order valence-electron chi connectivity index (χ3n) is 5.67. The summed E-state index contributed by atoms with van der Waals surface area (Å²) in [6, 6.07) is -0.0915. The average Bonchev–Trinajstić information content (AvgIpc) is 2.82. The second kappa shape index (κ2) is 4.08. The van der Waals surface area contributed by atoms with E-state index in [0.717, 1.165) is 19.3 Å². The van der Waals surface area contributed by atoms with Crippen molar-refractivity contribution < 1.29 is 9.90 Å². The molecule has 0 saturated heterocycles. The highest BCUT2D eigenvalue weighted by Crippen LogP contribution is 2.67. The topological polar surface area (TPSA) is 92.2 Å². The van der Waals surface area contributed by atoms with Crippen LogP contribution in [0.15, 0.2) is 15.8 Å². The number of hydrogen-bond donors (Lipinski definition) is 2. The number of fused-ring (bicyclic) bond motifs is 2. The van der Waals surface area contributed by atoms with Crippen molar-refractivity contribution in [3.63, 3.8) is 0 Å². The van der Waals surface area contributed by atoms with Crippen LogP contribution in [0.4, 0.5) is 0 Å². The van der Waals surface area contributed by atoms with E-state index in [1.807, 2.05) is 0 Å². The van der Waals surface area contributed by atoms with Gasteiger partial charge >= 0.3 is 11.7 Å². The SMILES string of the molecule is CC12CCC(C1)C(C)(C)C2n1cc(C(=O)O)c(=O)[nH]c1=O. The van der Waals surface area contributed by atoms with E-state index in [1.54, 1.807) is 0 Å². The summed E-state index contributed by atoms with van der Waals surface area (Å²) in [5.41, 5.74) is -1.85. The molecular weight excluding hydrogens is 272 g/mol. The average molecular weight is 292 g/mol. The predicted octanol–water partition coefficient (Wildman–Crippen LogP) is 1.62. The Morgan fingerprint density at radius 2 is 2.05 bits per heavy atom. The summed E-state index contributed by atoms with van der Waals surface area (Å²) in [7, 11) is 0. The Morgan fingerprint density at radius 3 is 2.57 bits per heavy atom. The minimum Gasteiger partial charge on any atom is -0.477 e. The number of carbonyl (C=O) groups is 1. The van der Waals surface area contributed by atoms with Gasteiger partial charge in [0, 0.05) is 12.2 Å². The highest BCUT2D eigenvalue weighted by molar-refractivity contribution is 5.86. The van der Waals surface area contributed by atoms with Gasteiger partial charge in [-0.15, -0.1) is 0 Å². The van der Waals surface area contributed by atoms with Gasteiger partial charge in [-0.05, 0) is 36.0 Å². The van der Waals surface area contributed by atoms with Crippen molar-refractivity contribution >= 4 is 5.97 Å². The van der Waals surface area contributed by atoms with Crippen LogP contribution in [0.3, 0.4) is 0 Å². The molecule has 0 aromatic carbocycles. The summed E-state index contributed by atoms with van der Waals surface area (Å²) in [5.74, 6) is -0.782. The first-order valence-corrected chi connectivity index (χ1v) is 7.25. The standard InChI is InChI=1S/C15H20N2O4/c1-14(2)8-4-5-15(3,6-8)12(14)17-7-9(11(19)20)10(18)16-13(17)21/h7-8,12H,4-6H2,1-3H3,(H,19,20)(H,16,18,21). The molecule has 6 heteroatoms. The number of hydrogen-bond acceptors (Lipinski definition) is 3. The molecule has 2 bridgehead atoms. The van der Waals surface area contributed by atoms with Crippen LogP contribution in [0.25, 0.3) is 0 Å². The summed E-state index contributed by atoms with van der Waals surface area (Å²) in [4.78, 5) is 37.1. The zero-order valence-corrected chi connectivity index (χ0v) is 12.5. The Kier molecular flexibility index (Phi) is 2.74. The number of aromatic carboxylic acids is 1. The van der Waals surface area contributed by atoms with E-state index >= 15 is 0 Å². The van der Waals surface area contributed by atoms with Crippen molar-refractivity contribution in [3.8, 4) is 0 Å². The van der Waals surface area contributed by atoms with Crippen molar-refractivity contribution in [2.24, 2.45) is 16.7 Å². The molecule has 0 amide bonds. The summed E-state index contributed by atoms with van der Waals surface area (Å²) in [5, 5.41) is 9.11. The molecular formula is C15H20N2O4. The van der Waals surface area contributed by atoms with Crippen LogP contribution in [-0.4, -0.2) is 20.6 Å². The highest BCUT2D eigenvalue weighted by Gasteiger charge is 2.60. The van der Waals surface area contributed by atoms with Crippen LogP contribution in [0, 0.1) is 16.7 Å². The Morgan fingerprint density at radius 1 is 1.38 bits per heavy atom. The first-order chi connectivity index (χ1) is 9.67. The number of nitrogens with one attached hydrogen (secondary N) is 1. The fourth-order valence-electron chi connectivity index (χ4n) is 4.80. The van der Waals surface area contributed by atoms with Gasteiger partial charge in [0.25, 0.3) is 5.56 Å². The van der Waals surface area contributed by atoms with Gasteiger partial charge in [0.05, 0.1) is 0 Å². The second-order valence-corrected chi connectivity index (χ2v) is 7.33. The van der Waals surface area contributed by atoms with Gasteiger partial charge in [-0.1, -0.05) is 20.8 Å². The quantitative estimate of drug-likeness (QED) is 0.866. The van der Waals surface area contributed by atoms with Gasteiger partial charge in [0.15, 0.2) is 0 Å². The molecule has 2 aliphatic rings. The monoisotopic (exact) mass is 292 g/mol. The highest BCUT2D eigenvalue weighted by atomic mass is 16.4. The minimum absolute atomic E-state index is 0.0218. The molecule has 2 fully saturated rings. The largest absolute Gasteiger partial charge is 0.477 e. The number of nitrogens with zero attached hydrogens (tertiary/aromatic N) is 1. The van der Waals surface area contributed by atoms with Crippen LogP contribution < -0.4 is 11.2 Å². The molecule has 1 aromatic heterocycles. The van der Waals surface area contributed by atoms with Crippen molar-refractivity contribution in [3.05, 3.63) is 32.6 Å². The molecule has 3 unspecified atom stereocenters. The maximum Gasteiger partial charge on any atom is 0.342 e. The molecule has 2 N–H and O–H groups in total. The molecule has 0 radical (unpaired) electrons. The van der Waals surface area contributed by atoms with E-state index in [4.69, 9.17) is 5.11 Å². The molecule has 1 heterocycles. The fraction of sp³-hybridized carbons (Fsp3) is 0.667. The second-order valence-electron chi connectivity index (χ2n) is 7.33. The van der Waals surface area contributed by atoms with E-state index in [-0.39, 0.29) is 22.4 Å². The van der Waals surface area contributed by atoms with Crippen LogP contribution in [0.2, 0.25) is 0 Å². The Labute approximate surface area is 121 Å². The maximum absolute atomic E-state index is 12.2. The molecule has 0 spiro atoms. The number of aromatic nitrogens is 2. The van der Waals surface area contributed by atoms with Crippen LogP contribution in [0.5, 0.6) is 0 Å². The number of carboxylic acid groups (broad SMARTS) is 1. The Hall–Kier alpha value is -1.85. The number of aromatic amines is 1. The summed E-state index contributed by atoms with van der Waals surface area (Å²) in [6.45, 7) is 6.42. The van der Waals surface area contributed by atoms with Gasteiger partial charge in [0.1, 0.15) is 5.56 Å². The van der Waals surface area contributed by atoms with Crippen LogP contribution in [0.1, 0.15) is 56.4 Å². The van der Waals surface area contributed by atoms with E-state index in [9.17, 15) is 14.4 Å². The van der Waals surface area contributed by atoms with Crippen molar-refractivity contribution in [2.75, 3.05) is 0 Å². The van der Waals surface area contributed by atoms with Gasteiger partial charge in [-0.25, -0.2) is 9.59 Å².